The predicted octanol–water partition coefficient (Wildman–Crippen LogP) is 1.00. The van der Waals surface area contributed by atoms with E-state index in [0.717, 1.165) is 4.90 Å². The second kappa shape index (κ2) is 5.04. The number of phenols is 1. The molecule has 0 spiro atoms. The molecule has 1 aliphatic rings. The third-order valence-electron chi connectivity index (χ3n) is 2.84. The normalized spacial score (nSPS) is 16.6. The van der Waals surface area contributed by atoms with Gasteiger partial charge < -0.3 is 15.5 Å². The molecule has 0 aliphatic carbocycles. The van der Waals surface area contributed by atoms with Crippen LogP contribution in [0.4, 0.5) is 4.79 Å². The first kappa shape index (κ1) is 13.6. The number of aromatic hydroxyl groups is 1. The fourth-order valence-corrected chi connectivity index (χ4v) is 1.84. The SMILES string of the molecule is CCN1C(=O)N/C(=C\c2ccc(O)c(C(=O)O)c2)C1=O. The van der Waals surface area contributed by atoms with E-state index in [0.29, 0.717) is 5.56 Å². The van der Waals surface area contributed by atoms with Crippen LogP contribution in [-0.2, 0) is 4.79 Å². The summed E-state index contributed by atoms with van der Waals surface area (Å²) >= 11 is 0. The van der Waals surface area contributed by atoms with Crippen molar-refractivity contribution in [3.05, 3.63) is 35.0 Å². The summed E-state index contributed by atoms with van der Waals surface area (Å²) in [4.78, 5) is 35.2. The van der Waals surface area contributed by atoms with Crippen LogP contribution in [0.25, 0.3) is 6.08 Å². The molecule has 1 heterocycles. The Balaban J connectivity index is 2.37. The van der Waals surface area contributed by atoms with Gasteiger partial charge in [-0.1, -0.05) is 6.07 Å². The number of hydrogen-bond acceptors (Lipinski definition) is 4. The number of hydrogen-bond donors (Lipinski definition) is 3. The maximum Gasteiger partial charge on any atom is 0.339 e. The van der Waals surface area contributed by atoms with Gasteiger partial charge in [0.15, 0.2) is 0 Å². The number of imide groups is 1. The fraction of sp³-hybridized carbons (Fsp3) is 0.154. The first-order valence-corrected chi connectivity index (χ1v) is 5.85. The standard InChI is InChI=1S/C13H12N2O5/c1-2-15-11(17)9(14-13(15)20)6-7-3-4-10(16)8(5-7)12(18)19/h3-6,16H,2H2,1H3,(H,14,20)(H,18,19)/b9-6-. The fourth-order valence-electron chi connectivity index (χ4n) is 1.84. The highest BCUT2D eigenvalue weighted by molar-refractivity contribution is 6.14. The average Bonchev–Trinajstić information content (AvgIpc) is 2.66. The minimum absolute atomic E-state index is 0.0684. The molecule has 0 atom stereocenters. The van der Waals surface area contributed by atoms with E-state index in [-0.39, 0.29) is 23.6 Å². The van der Waals surface area contributed by atoms with Gasteiger partial charge in [0, 0.05) is 6.54 Å². The van der Waals surface area contributed by atoms with Crippen molar-refractivity contribution in [2.45, 2.75) is 6.92 Å². The molecular weight excluding hydrogens is 264 g/mol. The van der Waals surface area contributed by atoms with E-state index in [1.54, 1.807) is 6.92 Å². The van der Waals surface area contributed by atoms with Crippen molar-refractivity contribution in [2.24, 2.45) is 0 Å². The summed E-state index contributed by atoms with van der Waals surface area (Å²) in [5.41, 5.74) is 0.184. The topological polar surface area (TPSA) is 107 Å². The van der Waals surface area contributed by atoms with Crippen molar-refractivity contribution < 1.29 is 24.6 Å². The molecule has 1 aromatic carbocycles. The molecule has 2 rings (SSSR count). The Kier molecular flexibility index (Phi) is 3.43. The number of aromatic carboxylic acids is 1. The van der Waals surface area contributed by atoms with Gasteiger partial charge in [-0.3, -0.25) is 9.69 Å². The van der Waals surface area contributed by atoms with Crippen molar-refractivity contribution in [2.75, 3.05) is 6.54 Å². The van der Waals surface area contributed by atoms with Crippen molar-refractivity contribution in [1.29, 1.82) is 0 Å². The van der Waals surface area contributed by atoms with E-state index in [9.17, 15) is 19.5 Å². The summed E-state index contributed by atoms with van der Waals surface area (Å²) in [6, 6.07) is 3.37. The van der Waals surface area contributed by atoms with E-state index < -0.39 is 17.9 Å². The highest BCUT2D eigenvalue weighted by Crippen LogP contribution is 2.21. The number of benzene rings is 1. The van der Waals surface area contributed by atoms with Crippen LogP contribution in [0, 0.1) is 0 Å². The largest absolute Gasteiger partial charge is 0.507 e. The number of amides is 3. The lowest BCUT2D eigenvalue weighted by atomic mass is 10.1. The summed E-state index contributed by atoms with van der Waals surface area (Å²) in [6.07, 6.45) is 1.36. The Hall–Kier alpha value is -2.83. The van der Waals surface area contributed by atoms with Gasteiger partial charge in [-0.25, -0.2) is 9.59 Å². The molecule has 1 aromatic rings. The number of rotatable bonds is 3. The van der Waals surface area contributed by atoms with Crippen LogP contribution in [0.3, 0.4) is 0 Å². The average molecular weight is 276 g/mol. The Morgan fingerprint density at radius 1 is 1.40 bits per heavy atom. The number of carboxylic acids is 1. The second-order valence-electron chi connectivity index (χ2n) is 4.12. The van der Waals surface area contributed by atoms with Crippen LogP contribution in [-0.4, -0.2) is 39.6 Å². The van der Waals surface area contributed by atoms with E-state index in [1.807, 2.05) is 0 Å². The number of nitrogens with one attached hydrogen (secondary N) is 1. The van der Waals surface area contributed by atoms with E-state index in [2.05, 4.69) is 5.32 Å². The highest BCUT2D eigenvalue weighted by atomic mass is 16.4. The zero-order chi connectivity index (χ0) is 14.9. The van der Waals surface area contributed by atoms with Gasteiger partial charge >= 0.3 is 12.0 Å². The van der Waals surface area contributed by atoms with Crippen LogP contribution < -0.4 is 5.32 Å². The number of carbonyl (C=O) groups is 3. The van der Waals surface area contributed by atoms with Gasteiger partial charge in [-0.15, -0.1) is 0 Å². The van der Waals surface area contributed by atoms with Crippen molar-refractivity contribution in [3.8, 4) is 5.75 Å². The Morgan fingerprint density at radius 3 is 2.65 bits per heavy atom. The third kappa shape index (κ3) is 2.33. The third-order valence-corrected chi connectivity index (χ3v) is 2.84. The molecule has 0 aromatic heterocycles. The zero-order valence-electron chi connectivity index (χ0n) is 10.6. The van der Waals surface area contributed by atoms with Gasteiger partial charge in [0.05, 0.1) is 0 Å². The molecule has 3 N–H and O–H groups in total. The molecule has 7 heteroatoms. The highest BCUT2D eigenvalue weighted by Gasteiger charge is 2.31. The van der Waals surface area contributed by atoms with E-state index in [4.69, 9.17) is 5.11 Å². The Labute approximate surface area is 114 Å². The Bertz CT molecular complexity index is 636. The van der Waals surface area contributed by atoms with Gasteiger partial charge in [0.2, 0.25) is 0 Å². The van der Waals surface area contributed by atoms with E-state index in [1.165, 1.54) is 24.3 Å². The van der Waals surface area contributed by atoms with Crippen LogP contribution in [0.15, 0.2) is 23.9 Å². The van der Waals surface area contributed by atoms with Gasteiger partial charge in [0.25, 0.3) is 5.91 Å². The first-order chi connectivity index (χ1) is 9.43. The molecule has 0 unspecified atom stereocenters. The van der Waals surface area contributed by atoms with Crippen LogP contribution in [0.1, 0.15) is 22.8 Å². The minimum atomic E-state index is -1.28. The molecule has 1 saturated heterocycles. The van der Waals surface area contributed by atoms with Crippen molar-refractivity contribution in [3.63, 3.8) is 0 Å². The molecule has 1 aliphatic heterocycles. The Morgan fingerprint density at radius 2 is 2.10 bits per heavy atom. The summed E-state index contributed by atoms with van der Waals surface area (Å²) in [5, 5.41) is 20.7. The van der Waals surface area contributed by atoms with Gasteiger partial charge in [-0.05, 0) is 30.7 Å². The summed E-state index contributed by atoms with van der Waals surface area (Å²) in [5.74, 6) is -2.11. The van der Waals surface area contributed by atoms with Crippen molar-refractivity contribution in [1.82, 2.24) is 10.2 Å². The minimum Gasteiger partial charge on any atom is -0.507 e. The number of nitrogens with zero attached hydrogens (tertiary/aromatic N) is 1. The molecule has 0 bridgehead atoms. The second-order valence-corrected chi connectivity index (χ2v) is 4.12. The lowest BCUT2D eigenvalue weighted by molar-refractivity contribution is -0.122. The molecule has 20 heavy (non-hydrogen) atoms. The van der Waals surface area contributed by atoms with Crippen molar-refractivity contribution >= 4 is 24.0 Å². The van der Waals surface area contributed by atoms with Gasteiger partial charge in [-0.2, -0.15) is 0 Å². The molecule has 0 radical (unpaired) electrons. The molecule has 104 valence electrons. The smallest absolute Gasteiger partial charge is 0.339 e. The number of carbonyl (C=O) groups excluding carboxylic acids is 2. The first-order valence-electron chi connectivity index (χ1n) is 5.85. The monoisotopic (exact) mass is 276 g/mol. The van der Waals surface area contributed by atoms with E-state index >= 15 is 0 Å². The quantitative estimate of drug-likeness (QED) is 0.564. The number of urea groups is 1. The maximum atomic E-state index is 11.8. The summed E-state index contributed by atoms with van der Waals surface area (Å²) in [6.45, 7) is 1.92. The lowest BCUT2D eigenvalue weighted by Crippen LogP contribution is -2.30. The molecular formula is C13H12N2O5. The summed E-state index contributed by atoms with van der Waals surface area (Å²) in [7, 11) is 0. The molecule has 1 fully saturated rings. The lowest BCUT2D eigenvalue weighted by Gasteiger charge is -2.06. The maximum absolute atomic E-state index is 11.8. The van der Waals surface area contributed by atoms with Crippen LogP contribution in [0.2, 0.25) is 0 Å². The number of likely N-dealkylation sites (N-methyl/N-ethyl adjacent to an activating group) is 1. The molecule has 7 nitrogen and oxygen atoms in total. The van der Waals surface area contributed by atoms with Crippen LogP contribution >= 0.6 is 0 Å². The summed E-state index contributed by atoms with van der Waals surface area (Å²) < 4.78 is 0. The zero-order valence-corrected chi connectivity index (χ0v) is 10.6. The molecule has 0 saturated carbocycles. The molecule has 3 amide bonds. The van der Waals surface area contributed by atoms with Crippen LogP contribution in [0.5, 0.6) is 5.75 Å². The van der Waals surface area contributed by atoms with Gasteiger partial charge in [0.1, 0.15) is 17.0 Å². The predicted molar refractivity (Wildman–Crippen MR) is 69.0 cm³/mol. The number of carboxylic acid groups (broad SMARTS) is 1.